The van der Waals surface area contributed by atoms with Gasteiger partial charge in [-0.1, -0.05) is 12.1 Å². The number of anilines is 2. The van der Waals surface area contributed by atoms with Gasteiger partial charge in [-0.2, -0.15) is 0 Å². The Morgan fingerprint density at radius 1 is 1.08 bits per heavy atom. The third-order valence-corrected chi connectivity index (χ3v) is 4.29. The molecule has 0 radical (unpaired) electrons. The highest BCUT2D eigenvalue weighted by molar-refractivity contribution is 7.89. The van der Waals surface area contributed by atoms with Crippen molar-refractivity contribution >= 4 is 21.3 Å². The van der Waals surface area contributed by atoms with Gasteiger partial charge in [0.1, 0.15) is 5.82 Å². The summed E-state index contributed by atoms with van der Waals surface area (Å²) in [5.74, 6) is 1.30. The van der Waals surface area contributed by atoms with Crippen LogP contribution in [0.25, 0.3) is 11.4 Å². The van der Waals surface area contributed by atoms with Gasteiger partial charge in [0.15, 0.2) is 15.7 Å². The minimum Gasteiger partial charge on any atom is -0.340 e. The molecule has 0 amide bonds. The Hall–Kier alpha value is -2.80. The molecule has 7 heteroatoms. The summed E-state index contributed by atoms with van der Waals surface area (Å²) in [6.45, 7) is 1.90. The van der Waals surface area contributed by atoms with Crippen LogP contribution in [0.2, 0.25) is 0 Å². The third-order valence-electron chi connectivity index (χ3n) is 3.43. The van der Waals surface area contributed by atoms with E-state index in [1.54, 1.807) is 24.5 Å². The van der Waals surface area contributed by atoms with E-state index < -0.39 is 9.84 Å². The van der Waals surface area contributed by atoms with E-state index in [2.05, 4.69) is 20.3 Å². The lowest BCUT2D eigenvalue weighted by atomic mass is 10.2. The summed E-state index contributed by atoms with van der Waals surface area (Å²) >= 11 is 0. The molecule has 128 valence electrons. The number of aromatic nitrogens is 3. The van der Waals surface area contributed by atoms with Gasteiger partial charge in [-0.15, -0.1) is 0 Å². The van der Waals surface area contributed by atoms with Crippen LogP contribution in [0.15, 0.2) is 54.9 Å². The van der Waals surface area contributed by atoms with Gasteiger partial charge in [0, 0.05) is 41.7 Å². The SMILES string of the molecule is Cc1cc(Nc2ccc(CS(C)(=O)=O)cc2)nc(-c2cccnc2)n1. The zero-order valence-corrected chi connectivity index (χ0v) is 14.8. The normalized spacial score (nSPS) is 11.3. The number of aryl methyl sites for hydroxylation is 1. The second-order valence-electron chi connectivity index (χ2n) is 5.85. The average molecular weight is 354 g/mol. The number of benzene rings is 1. The van der Waals surface area contributed by atoms with E-state index in [1.165, 1.54) is 6.26 Å². The highest BCUT2D eigenvalue weighted by Gasteiger charge is 2.07. The van der Waals surface area contributed by atoms with Gasteiger partial charge < -0.3 is 5.32 Å². The summed E-state index contributed by atoms with van der Waals surface area (Å²) in [6, 6.07) is 12.9. The topological polar surface area (TPSA) is 84.8 Å². The van der Waals surface area contributed by atoms with Gasteiger partial charge in [0.05, 0.1) is 5.75 Å². The van der Waals surface area contributed by atoms with Crippen LogP contribution in [0.1, 0.15) is 11.3 Å². The van der Waals surface area contributed by atoms with Crippen molar-refractivity contribution in [2.45, 2.75) is 12.7 Å². The molecule has 3 rings (SSSR count). The van der Waals surface area contributed by atoms with E-state index in [0.29, 0.717) is 11.6 Å². The van der Waals surface area contributed by atoms with Crippen LogP contribution in [-0.2, 0) is 15.6 Å². The van der Waals surface area contributed by atoms with Crippen LogP contribution >= 0.6 is 0 Å². The van der Waals surface area contributed by atoms with Crippen LogP contribution in [0.5, 0.6) is 0 Å². The molecule has 2 heterocycles. The maximum Gasteiger partial charge on any atom is 0.163 e. The van der Waals surface area contributed by atoms with E-state index in [0.717, 1.165) is 22.5 Å². The van der Waals surface area contributed by atoms with Gasteiger partial charge >= 0.3 is 0 Å². The quantitative estimate of drug-likeness (QED) is 0.758. The Morgan fingerprint density at radius 3 is 2.48 bits per heavy atom. The number of hydrogen-bond donors (Lipinski definition) is 1. The van der Waals surface area contributed by atoms with Crippen LogP contribution in [0.4, 0.5) is 11.5 Å². The first-order chi connectivity index (χ1) is 11.9. The lowest BCUT2D eigenvalue weighted by Crippen LogP contribution is -2.01. The van der Waals surface area contributed by atoms with E-state index >= 15 is 0 Å². The van der Waals surface area contributed by atoms with E-state index in [4.69, 9.17) is 0 Å². The first-order valence-electron chi connectivity index (χ1n) is 7.69. The third kappa shape index (κ3) is 4.84. The molecule has 0 aliphatic rings. The lowest BCUT2D eigenvalue weighted by molar-refractivity contribution is 0.601. The first-order valence-corrected chi connectivity index (χ1v) is 9.75. The maximum atomic E-state index is 11.3. The number of sulfone groups is 1. The summed E-state index contributed by atoms with van der Waals surface area (Å²) in [5.41, 5.74) is 3.26. The number of rotatable bonds is 5. The molecule has 0 bridgehead atoms. The monoisotopic (exact) mass is 354 g/mol. The molecule has 0 saturated heterocycles. The summed E-state index contributed by atoms with van der Waals surface area (Å²) in [4.78, 5) is 13.1. The number of pyridine rings is 1. The molecule has 2 aromatic heterocycles. The van der Waals surface area contributed by atoms with Crippen molar-refractivity contribution in [3.8, 4) is 11.4 Å². The van der Waals surface area contributed by atoms with Crippen molar-refractivity contribution in [3.63, 3.8) is 0 Å². The zero-order chi connectivity index (χ0) is 17.9. The summed E-state index contributed by atoms with van der Waals surface area (Å²) in [6.07, 6.45) is 4.65. The fourth-order valence-corrected chi connectivity index (χ4v) is 3.19. The summed E-state index contributed by atoms with van der Waals surface area (Å²) in [7, 11) is -3.04. The Morgan fingerprint density at radius 2 is 1.84 bits per heavy atom. The van der Waals surface area contributed by atoms with Crippen LogP contribution < -0.4 is 5.32 Å². The predicted octanol–water partition coefficient (Wildman–Crippen LogP) is 3.14. The molecule has 3 aromatic rings. The van der Waals surface area contributed by atoms with Gasteiger partial charge in [-0.25, -0.2) is 18.4 Å². The molecule has 0 aliphatic heterocycles. The molecule has 1 aromatic carbocycles. The van der Waals surface area contributed by atoms with Crippen molar-refractivity contribution in [2.75, 3.05) is 11.6 Å². The Bertz CT molecular complexity index is 972. The largest absolute Gasteiger partial charge is 0.340 e. The van der Waals surface area contributed by atoms with E-state index in [1.807, 2.05) is 37.3 Å². The molecular formula is C18H18N4O2S. The fraction of sp³-hybridized carbons (Fsp3) is 0.167. The maximum absolute atomic E-state index is 11.3. The smallest absolute Gasteiger partial charge is 0.163 e. The molecule has 1 N–H and O–H groups in total. The molecule has 0 atom stereocenters. The second kappa shape index (κ2) is 6.98. The van der Waals surface area contributed by atoms with Crippen molar-refractivity contribution in [1.82, 2.24) is 15.0 Å². The van der Waals surface area contributed by atoms with Crippen LogP contribution in [0, 0.1) is 6.92 Å². The second-order valence-corrected chi connectivity index (χ2v) is 7.99. The van der Waals surface area contributed by atoms with E-state index in [9.17, 15) is 8.42 Å². The minimum absolute atomic E-state index is 0.0328. The Kier molecular flexibility index (Phi) is 4.76. The molecule has 0 aliphatic carbocycles. The first kappa shape index (κ1) is 17.0. The lowest BCUT2D eigenvalue weighted by Gasteiger charge is -2.09. The van der Waals surface area contributed by atoms with Gasteiger partial charge in [-0.3, -0.25) is 4.98 Å². The molecule has 6 nitrogen and oxygen atoms in total. The van der Waals surface area contributed by atoms with Crippen molar-refractivity contribution in [2.24, 2.45) is 0 Å². The summed E-state index contributed by atoms with van der Waals surface area (Å²) in [5, 5.41) is 3.22. The molecule has 0 saturated carbocycles. The Balaban J connectivity index is 1.82. The van der Waals surface area contributed by atoms with Crippen LogP contribution in [0.3, 0.4) is 0 Å². The molecule has 25 heavy (non-hydrogen) atoms. The Labute approximate surface area is 146 Å². The highest BCUT2D eigenvalue weighted by Crippen LogP contribution is 2.20. The van der Waals surface area contributed by atoms with Gasteiger partial charge in [0.2, 0.25) is 0 Å². The molecule has 0 spiro atoms. The fourth-order valence-electron chi connectivity index (χ4n) is 2.39. The van der Waals surface area contributed by atoms with Crippen molar-refractivity contribution in [3.05, 3.63) is 66.1 Å². The van der Waals surface area contributed by atoms with Gasteiger partial charge in [-0.05, 0) is 36.8 Å². The predicted molar refractivity (Wildman–Crippen MR) is 98.3 cm³/mol. The standard InChI is InChI=1S/C18H18N4O2S/c1-13-10-17(22-18(20-13)15-4-3-9-19-11-15)21-16-7-5-14(6-8-16)12-25(2,23)24/h3-11H,12H2,1-2H3,(H,20,21,22). The van der Waals surface area contributed by atoms with Crippen LogP contribution in [-0.4, -0.2) is 29.6 Å². The van der Waals surface area contributed by atoms with E-state index in [-0.39, 0.29) is 5.75 Å². The van der Waals surface area contributed by atoms with Crippen molar-refractivity contribution < 1.29 is 8.42 Å². The van der Waals surface area contributed by atoms with Gasteiger partial charge in [0.25, 0.3) is 0 Å². The minimum atomic E-state index is -3.04. The number of nitrogens with zero attached hydrogens (tertiary/aromatic N) is 3. The average Bonchev–Trinajstić information content (AvgIpc) is 2.56. The molecule has 0 fully saturated rings. The zero-order valence-electron chi connectivity index (χ0n) is 14.0. The molecular weight excluding hydrogens is 336 g/mol. The summed E-state index contributed by atoms with van der Waals surface area (Å²) < 4.78 is 22.7. The van der Waals surface area contributed by atoms with Crippen molar-refractivity contribution in [1.29, 1.82) is 0 Å². The molecule has 0 unspecified atom stereocenters. The highest BCUT2D eigenvalue weighted by atomic mass is 32.2. The number of nitrogens with one attached hydrogen (secondary N) is 1. The number of hydrogen-bond acceptors (Lipinski definition) is 6.